The summed E-state index contributed by atoms with van der Waals surface area (Å²) in [4.78, 5) is 25.5. The Bertz CT molecular complexity index is 1010. The van der Waals surface area contributed by atoms with E-state index in [4.69, 9.17) is 0 Å². The van der Waals surface area contributed by atoms with Crippen molar-refractivity contribution in [3.8, 4) is 5.75 Å². The fourth-order valence-electron chi connectivity index (χ4n) is 2.90. The van der Waals surface area contributed by atoms with Gasteiger partial charge in [0.15, 0.2) is 7.05 Å². The highest BCUT2D eigenvalue weighted by atomic mass is 19.4. The molecule has 2 aromatic rings. The fraction of sp³-hybridized carbons (Fsp3) is 0.286. The number of nitrogens with zero attached hydrogens (tertiary/aromatic N) is 1. The van der Waals surface area contributed by atoms with Gasteiger partial charge >= 0.3 is 6.36 Å². The Morgan fingerprint density at radius 2 is 1.65 bits per heavy atom. The lowest BCUT2D eigenvalue weighted by molar-refractivity contribution is -0.752. The van der Waals surface area contributed by atoms with Crippen LogP contribution < -0.4 is 15.4 Å². The maximum atomic E-state index is 12.8. The summed E-state index contributed by atoms with van der Waals surface area (Å²) in [6, 6.07) is 9.61. The Balaban J connectivity index is 2.24. The highest BCUT2D eigenvalue weighted by Crippen LogP contribution is 2.27. The highest BCUT2D eigenvalue weighted by Gasteiger charge is 2.31. The van der Waals surface area contributed by atoms with Crippen molar-refractivity contribution in [1.82, 2.24) is 5.32 Å². The molecule has 7 nitrogen and oxygen atoms in total. The van der Waals surface area contributed by atoms with Gasteiger partial charge in [-0.25, -0.2) is 0 Å². The molecule has 0 bridgehead atoms. The quantitative estimate of drug-likeness (QED) is 0.277. The Hall–Kier alpha value is -3.56. The summed E-state index contributed by atoms with van der Waals surface area (Å²) in [6.45, 7) is 4.84. The summed E-state index contributed by atoms with van der Waals surface area (Å²) < 4.78 is 41.8. The summed E-state index contributed by atoms with van der Waals surface area (Å²) in [5, 5.41) is 14.7. The number of alkyl halides is 3. The van der Waals surface area contributed by atoms with E-state index in [1.807, 2.05) is 0 Å². The van der Waals surface area contributed by atoms with Crippen LogP contribution >= 0.6 is 0 Å². The number of amides is 2. The lowest BCUT2D eigenvalue weighted by Crippen LogP contribution is -2.46. The zero-order valence-electron chi connectivity index (χ0n) is 17.4. The Labute approximate surface area is 177 Å². The molecule has 31 heavy (non-hydrogen) atoms. The number of rotatable bonds is 6. The number of halogens is 3. The first-order valence-corrected chi connectivity index (χ1v) is 9.14. The van der Waals surface area contributed by atoms with E-state index in [1.54, 1.807) is 26.0 Å². The monoisotopic (exact) mass is 438 g/mol. The number of carbonyl (C=O) groups is 2. The van der Waals surface area contributed by atoms with Gasteiger partial charge in [-0.05, 0) is 61.4 Å². The molecule has 10 heteroatoms. The predicted octanol–water partition coefficient (Wildman–Crippen LogP) is 3.76. The Morgan fingerprint density at radius 1 is 1.06 bits per heavy atom. The lowest BCUT2D eigenvalue weighted by Gasteiger charge is -2.19. The maximum absolute atomic E-state index is 12.8. The molecule has 0 atom stereocenters. The molecule has 0 aliphatic carbocycles. The van der Waals surface area contributed by atoms with Crippen LogP contribution in [0.15, 0.2) is 42.5 Å². The number of benzene rings is 2. The highest BCUT2D eigenvalue weighted by molar-refractivity contribution is 6.12. The maximum Gasteiger partial charge on any atom is 0.573 e. The normalized spacial score (nSPS) is 12.3. The number of carbonyl (C=O) groups excluding carboxylic acids is 2. The third-order valence-electron chi connectivity index (χ3n) is 4.04. The number of nitrogens with one attached hydrogen (secondary N) is 2. The van der Waals surface area contributed by atoms with Crippen molar-refractivity contribution in [2.45, 2.75) is 32.7 Å². The van der Waals surface area contributed by atoms with Gasteiger partial charge in [-0.15, -0.1) is 13.2 Å². The first-order valence-electron chi connectivity index (χ1n) is 9.14. The van der Waals surface area contributed by atoms with Crippen molar-refractivity contribution in [2.24, 2.45) is 0 Å². The number of hydroxylamine groups is 1. The van der Waals surface area contributed by atoms with Crippen LogP contribution in [0, 0.1) is 6.92 Å². The average Bonchev–Trinajstić information content (AvgIpc) is 2.61. The van der Waals surface area contributed by atoms with E-state index < -0.39 is 29.5 Å². The molecule has 0 saturated carbocycles. The van der Waals surface area contributed by atoms with Crippen molar-refractivity contribution >= 4 is 23.7 Å². The van der Waals surface area contributed by atoms with Crippen molar-refractivity contribution in [3.05, 3.63) is 59.2 Å². The van der Waals surface area contributed by atoms with Crippen LogP contribution in [0.2, 0.25) is 0 Å². The van der Waals surface area contributed by atoms with Crippen LogP contribution in [0.5, 0.6) is 5.75 Å². The first-order chi connectivity index (χ1) is 14.3. The smallest absolute Gasteiger partial charge is 0.406 e. The van der Waals surface area contributed by atoms with Gasteiger partial charge in [0.2, 0.25) is 6.21 Å². The molecule has 2 amide bonds. The van der Waals surface area contributed by atoms with Crippen molar-refractivity contribution in [1.29, 1.82) is 0 Å². The molecule has 3 N–H and O–H groups in total. The van der Waals surface area contributed by atoms with Crippen LogP contribution in [-0.4, -0.2) is 46.9 Å². The van der Waals surface area contributed by atoms with Gasteiger partial charge in [-0.3, -0.25) is 14.8 Å². The third-order valence-corrected chi connectivity index (χ3v) is 4.04. The van der Waals surface area contributed by atoms with E-state index >= 15 is 0 Å². The zero-order valence-corrected chi connectivity index (χ0v) is 17.4. The SMILES string of the molecule is Cc1cc(OC(F)(F)F)ccc1NC(=O)c1ccccc1C(=O)NC(C)(C)C=[N+](C)O. The fourth-order valence-corrected chi connectivity index (χ4v) is 2.90. The van der Waals surface area contributed by atoms with Crippen LogP contribution in [0.4, 0.5) is 18.9 Å². The van der Waals surface area contributed by atoms with Crippen molar-refractivity contribution in [3.63, 3.8) is 0 Å². The predicted molar refractivity (Wildman–Crippen MR) is 108 cm³/mol. The Morgan fingerprint density at radius 3 is 2.16 bits per heavy atom. The van der Waals surface area contributed by atoms with Gasteiger partial charge in [0.05, 0.1) is 11.1 Å². The van der Waals surface area contributed by atoms with Gasteiger partial charge in [0.25, 0.3) is 11.8 Å². The average molecular weight is 438 g/mol. The molecule has 0 spiro atoms. The molecular weight excluding hydrogens is 415 g/mol. The van der Waals surface area contributed by atoms with Gasteiger partial charge in [-0.1, -0.05) is 12.1 Å². The minimum absolute atomic E-state index is 0.0724. The second-order valence-corrected chi connectivity index (χ2v) is 7.40. The van der Waals surface area contributed by atoms with Crippen molar-refractivity contribution < 1.29 is 37.4 Å². The zero-order chi connectivity index (χ0) is 23.4. The number of hydrogen-bond acceptors (Lipinski definition) is 4. The summed E-state index contributed by atoms with van der Waals surface area (Å²) in [5.74, 6) is -1.56. The second-order valence-electron chi connectivity index (χ2n) is 7.40. The molecule has 0 fully saturated rings. The van der Waals surface area contributed by atoms with Crippen LogP contribution in [0.3, 0.4) is 0 Å². The van der Waals surface area contributed by atoms with E-state index in [2.05, 4.69) is 15.4 Å². The Kier molecular flexibility index (Phi) is 6.94. The van der Waals surface area contributed by atoms with Gasteiger partial charge in [0, 0.05) is 5.69 Å². The minimum atomic E-state index is -4.82. The molecule has 0 aliphatic heterocycles. The first kappa shape index (κ1) is 23.7. The van der Waals surface area contributed by atoms with E-state index in [9.17, 15) is 28.0 Å². The van der Waals surface area contributed by atoms with Crippen molar-refractivity contribution in [2.75, 3.05) is 12.4 Å². The molecule has 0 heterocycles. The van der Waals surface area contributed by atoms with E-state index in [0.717, 1.165) is 16.9 Å². The summed E-state index contributed by atoms with van der Waals surface area (Å²) >= 11 is 0. The minimum Gasteiger partial charge on any atom is -0.406 e. The molecule has 0 aromatic heterocycles. The van der Waals surface area contributed by atoms with Crippen LogP contribution in [0.25, 0.3) is 0 Å². The van der Waals surface area contributed by atoms with E-state index in [-0.39, 0.29) is 16.8 Å². The molecule has 2 rings (SSSR count). The largest absolute Gasteiger partial charge is 0.573 e. The number of hydrogen-bond donors (Lipinski definition) is 3. The molecule has 0 saturated heterocycles. The third kappa shape index (κ3) is 7.02. The van der Waals surface area contributed by atoms with Crippen LogP contribution in [0.1, 0.15) is 40.1 Å². The molecule has 0 aliphatic rings. The van der Waals surface area contributed by atoms with E-state index in [0.29, 0.717) is 5.56 Å². The van der Waals surface area contributed by atoms with Crippen LogP contribution in [-0.2, 0) is 0 Å². The summed E-state index contributed by atoms with van der Waals surface area (Å²) in [5.41, 5.74) is -0.126. The summed E-state index contributed by atoms with van der Waals surface area (Å²) in [7, 11) is 1.39. The summed E-state index contributed by atoms with van der Waals surface area (Å²) in [6.07, 6.45) is -3.44. The molecule has 166 valence electrons. The molecular formula is C21H23F3N3O4+. The lowest BCUT2D eigenvalue weighted by atomic mass is 10.0. The molecule has 0 radical (unpaired) electrons. The molecule has 2 aromatic carbocycles. The van der Waals surface area contributed by atoms with Gasteiger partial charge < -0.3 is 15.4 Å². The second kappa shape index (κ2) is 9.07. The number of aryl methyl sites for hydroxylation is 1. The van der Waals surface area contributed by atoms with E-state index in [1.165, 1.54) is 38.4 Å². The molecule has 0 unspecified atom stereocenters. The number of ether oxygens (including phenoxy) is 1. The standard InChI is InChI=1S/C21H22F3N3O4/c1-13-11-14(31-21(22,23)24)9-10-17(13)25-18(28)15-7-5-6-8-16(15)19(29)26-20(2,3)12-27(4)30/h5-12H,1-4H3,(H2-,25,26,28,29,30)/p+1. The van der Waals surface area contributed by atoms with Gasteiger partial charge in [-0.2, -0.15) is 0 Å². The van der Waals surface area contributed by atoms with Gasteiger partial charge in [0.1, 0.15) is 11.3 Å². The topological polar surface area (TPSA) is 90.7 Å². The number of anilines is 1.